The largest absolute Gasteiger partial charge is 0.451 e. The third-order valence-electron chi connectivity index (χ3n) is 2.83. The van der Waals surface area contributed by atoms with Crippen molar-refractivity contribution in [1.29, 1.82) is 0 Å². The maximum atomic E-state index is 11.6. The van der Waals surface area contributed by atoms with Gasteiger partial charge in [0.15, 0.2) is 6.61 Å². The Hall–Kier alpha value is -1.40. The van der Waals surface area contributed by atoms with E-state index in [4.69, 9.17) is 9.47 Å². The fourth-order valence-corrected chi connectivity index (χ4v) is 2.59. The molecule has 0 saturated carbocycles. The first kappa shape index (κ1) is 14.0. The van der Waals surface area contributed by atoms with E-state index < -0.39 is 5.97 Å². The Morgan fingerprint density at radius 1 is 1.53 bits per heavy atom. The molecule has 5 nitrogen and oxygen atoms in total. The van der Waals surface area contributed by atoms with Crippen molar-refractivity contribution in [2.75, 3.05) is 19.8 Å². The molecule has 1 saturated heterocycles. The summed E-state index contributed by atoms with van der Waals surface area (Å²) in [6.07, 6.45) is 2.10. The Morgan fingerprint density at radius 3 is 3.00 bits per heavy atom. The molecular weight excluding hydrogens is 266 g/mol. The fraction of sp³-hybridized carbons (Fsp3) is 0.538. The van der Waals surface area contributed by atoms with Gasteiger partial charge in [-0.2, -0.15) is 0 Å². The molecule has 1 aliphatic heterocycles. The Morgan fingerprint density at radius 2 is 2.37 bits per heavy atom. The van der Waals surface area contributed by atoms with Crippen LogP contribution in [0.1, 0.15) is 27.4 Å². The first-order valence-corrected chi connectivity index (χ1v) is 7.08. The quantitative estimate of drug-likeness (QED) is 0.832. The van der Waals surface area contributed by atoms with E-state index in [0.717, 1.165) is 24.3 Å². The summed E-state index contributed by atoms with van der Waals surface area (Å²) in [5.74, 6) is -0.748. The van der Waals surface area contributed by atoms with Crippen LogP contribution in [0.25, 0.3) is 0 Å². The molecule has 2 rings (SSSR count). The normalized spacial score (nSPS) is 18.3. The standard InChI is InChI=1S/C13H17NO4S/c1-9-4-5-11(19-9)13(16)18-8-12(15)14-7-10-3-2-6-17-10/h4-5,10H,2-3,6-8H2,1H3,(H,14,15)/t10-/m1/s1. The van der Waals surface area contributed by atoms with Gasteiger partial charge in [0.1, 0.15) is 4.88 Å². The summed E-state index contributed by atoms with van der Waals surface area (Å²) in [4.78, 5) is 24.7. The Labute approximate surface area is 115 Å². The number of hydrogen-bond acceptors (Lipinski definition) is 5. The van der Waals surface area contributed by atoms with Gasteiger partial charge in [-0.15, -0.1) is 11.3 Å². The topological polar surface area (TPSA) is 64.6 Å². The van der Waals surface area contributed by atoms with E-state index in [1.807, 2.05) is 13.0 Å². The number of rotatable bonds is 5. The zero-order valence-electron chi connectivity index (χ0n) is 10.8. The number of nitrogens with one attached hydrogen (secondary N) is 1. The number of esters is 1. The van der Waals surface area contributed by atoms with Gasteiger partial charge in [-0.1, -0.05) is 0 Å². The van der Waals surface area contributed by atoms with Gasteiger partial charge in [0, 0.05) is 18.0 Å². The average molecular weight is 283 g/mol. The van der Waals surface area contributed by atoms with Crippen molar-refractivity contribution in [2.45, 2.75) is 25.9 Å². The molecule has 0 spiro atoms. The number of carbonyl (C=O) groups is 2. The maximum absolute atomic E-state index is 11.6. The van der Waals surface area contributed by atoms with Gasteiger partial charge in [-0.25, -0.2) is 4.79 Å². The lowest BCUT2D eigenvalue weighted by atomic mass is 10.2. The summed E-state index contributed by atoms with van der Waals surface area (Å²) in [7, 11) is 0. The van der Waals surface area contributed by atoms with Crippen LogP contribution in [-0.2, 0) is 14.3 Å². The monoisotopic (exact) mass is 283 g/mol. The Bertz CT molecular complexity index is 451. The van der Waals surface area contributed by atoms with Crippen molar-refractivity contribution < 1.29 is 19.1 Å². The summed E-state index contributed by atoms with van der Waals surface area (Å²) < 4.78 is 10.3. The molecule has 2 heterocycles. The van der Waals surface area contributed by atoms with Gasteiger partial charge in [0.05, 0.1) is 6.10 Å². The van der Waals surface area contributed by atoms with Crippen molar-refractivity contribution in [3.63, 3.8) is 0 Å². The van der Waals surface area contributed by atoms with Gasteiger partial charge >= 0.3 is 5.97 Å². The minimum absolute atomic E-state index is 0.0968. The van der Waals surface area contributed by atoms with E-state index in [0.29, 0.717) is 11.4 Å². The summed E-state index contributed by atoms with van der Waals surface area (Å²) in [5.41, 5.74) is 0. The van der Waals surface area contributed by atoms with E-state index in [-0.39, 0.29) is 18.6 Å². The molecule has 0 aliphatic carbocycles. The van der Waals surface area contributed by atoms with Gasteiger partial charge in [0.25, 0.3) is 5.91 Å². The predicted molar refractivity (Wildman–Crippen MR) is 71.3 cm³/mol. The SMILES string of the molecule is Cc1ccc(C(=O)OCC(=O)NC[C@H]2CCCO2)s1. The van der Waals surface area contributed by atoms with Crippen molar-refractivity contribution in [2.24, 2.45) is 0 Å². The smallest absolute Gasteiger partial charge is 0.348 e. The lowest BCUT2D eigenvalue weighted by molar-refractivity contribution is -0.124. The van der Waals surface area contributed by atoms with Crippen LogP contribution in [0.2, 0.25) is 0 Å². The van der Waals surface area contributed by atoms with E-state index >= 15 is 0 Å². The third-order valence-corrected chi connectivity index (χ3v) is 3.81. The van der Waals surface area contributed by atoms with Gasteiger partial charge in [-0.05, 0) is 31.9 Å². The highest BCUT2D eigenvalue weighted by molar-refractivity contribution is 7.13. The van der Waals surface area contributed by atoms with Crippen LogP contribution in [0, 0.1) is 6.92 Å². The van der Waals surface area contributed by atoms with Crippen LogP contribution in [0.15, 0.2) is 12.1 Å². The second-order valence-electron chi connectivity index (χ2n) is 4.43. The Kier molecular flexibility index (Phi) is 4.93. The molecule has 6 heteroatoms. The molecule has 1 aromatic heterocycles. The molecule has 1 amide bonds. The molecule has 1 N–H and O–H groups in total. The molecule has 1 fully saturated rings. The molecule has 104 valence electrons. The van der Waals surface area contributed by atoms with Crippen LogP contribution < -0.4 is 5.32 Å². The van der Waals surface area contributed by atoms with Crippen LogP contribution >= 0.6 is 11.3 Å². The van der Waals surface area contributed by atoms with E-state index in [9.17, 15) is 9.59 Å². The van der Waals surface area contributed by atoms with Gasteiger partial charge in [-0.3, -0.25) is 4.79 Å². The summed E-state index contributed by atoms with van der Waals surface area (Å²) >= 11 is 1.36. The second-order valence-corrected chi connectivity index (χ2v) is 5.71. The first-order valence-electron chi connectivity index (χ1n) is 6.27. The lowest BCUT2D eigenvalue weighted by Gasteiger charge is -2.10. The van der Waals surface area contributed by atoms with Crippen molar-refractivity contribution in [1.82, 2.24) is 5.32 Å². The zero-order chi connectivity index (χ0) is 13.7. The molecule has 1 aromatic rings. The summed E-state index contributed by atoms with van der Waals surface area (Å²) in [6, 6.07) is 3.55. The number of hydrogen-bond donors (Lipinski definition) is 1. The zero-order valence-corrected chi connectivity index (χ0v) is 11.6. The number of ether oxygens (including phenoxy) is 2. The average Bonchev–Trinajstić information content (AvgIpc) is 3.04. The predicted octanol–water partition coefficient (Wildman–Crippen LogP) is 1.51. The number of aryl methyl sites for hydroxylation is 1. The molecule has 0 radical (unpaired) electrons. The molecule has 0 bridgehead atoms. The van der Waals surface area contributed by atoms with Gasteiger partial charge < -0.3 is 14.8 Å². The third kappa shape index (κ3) is 4.33. The van der Waals surface area contributed by atoms with Crippen LogP contribution in [0.4, 0.5) is 0 Å². The van der Waals surface area contributed by atoms with Crippen molar-refractivity contribution >= 4 is 23.2 Å². The first-order chi connectivity index (χ1) is 9.15. The second kappa shape index (κ2) is 6.68. The van der Waals surface area contributed by atoms with Gasteiger partial charge in [0.2, 0.25) is 0 Å². The van der Waals surface area contributed by atoms with E-state index in [1.165, 1.54) is 11.3 Å². The molecule has 19 heavy (non-hydrogen) atoms. The molecule has 1 aliphatic rings. The minimum Gasteiger partial charge on any atom is -0.451 e. The molecular formula is C13H17NO4S. The number of amides is 1. The lowest BCUT2D eigenvalue weighted by Crippen LogP contribution is -2.34. The highest BCUT2D eigenvalue weighted by Gasteiger charge is 2.17. The fourth-order valence-electron chi connectivity index (χ4n) is 1.83. The minimum atomic E-state index is -0.453. The number of thiophene rings is 1. The van der Waals surface area contributed by atoms with Crippen LogP contribution in [-0.4, -0.2) is 37.7 Å². The van der Waals surface area contributed by atoms with E-state index in [2.05, 4.69) is 5.32 Å². The molecule has 0 aromatic carbocycles. The Balaban J connectivity index is 1.66. The maximum Gasteiger partial charge on any atom is 0.348 e. The molecule has 0 unspecified atom stereocenters. The summed E-state index contributed by atoms with van der Waals surface area (Å²) in [5, 5.41) is 2.70. The van der Waals surface area contributed by atoms with Crippen LogP contribution in [0.3, 0.4) is 0 Å². The van der Waals surface area contributed by atoms with Crippen LogP contribution in [0.5, 0.6) is 0 Å². The highest BCUT2D eigenvalue weighted by atomic mass is 32.1. The van der Waals surface area contributed by atoms with Crippen molar-refractivity contribution in [3.8, 4) is 0 Å². The summed E-state index contributed by atoms with van der Waals surface area (Å²) in [6.45, 7) is 2.90. The number of carbonyl (C=O) groups excluding carboxylic acids is 2. The van der Waals surface area contributed by atoms with E-state index in [1.54, 1.807) is 6.07 Å². The highest BCUT2D eigenvalue weighted by Crippen LogP contribution is 2.15. The van der Waals surface area contributed by atoms with Crippen molar-refractivity contribution in [3.05, 3.63) is 21.9 Å². The molecule has 1 atom stereocenters.